The lowest BCUT2D eigenvalue weighted by Gasteiger charge is -2.22. The van der Waals surface area contributed by atoms with Crippen LogP contribution in [0.2, 0.25) is 0 Å². The van der Waals surface area contributed by atoms with Gasteiger partial charge in [0.2, 0.25) is 11.7 Å². The molecule has 5 heteroatoms. The Kier molecular flexibility index (Phi) is 4.69. The molecule has 0 radical (unpaired) electrons. The maximum Gasteiger partial charge on any atom is 0.235 e. The van der Waals surface area contributed by atoms with Gasteiger partial charge in [0, 0.05) is 0 Å². The topological polar surface area (TPSA) is 83.8 Å². The molecular weight excluding hydrogens is 210 g/mol. The SMILES string of the molecule is C=C(C)C(=O)C(O)(CN=C=O)C(=O)C(=C)C. The molecule has 0 bridgehead atoms. The van der Waals surface area contributed by atoms with E-state index in [-0.39, 0.29) is 11.1 Å². The summed E-state index contributed by atoms with van der Waals surface area (Å²) in [5.74, 6) is -1.75. The molecule has 0 unspecified atom stereocenters. The molecule has 5 nitrogen and oxygen atoms in total. The van der Waals surface area contributed by atoms with Crippen LogP contribution in [0, 0.1) is 0 Å². The second kappa shape index (κ2) is 5.30. The molecule has 0 aromatic heterocycles. The second-order valence-electron chi connectivity index (χ2n) is 3.49. The molecule has 0 aliphatic carbocycles. The predicted octanol–water partition coefficient (Wildman–Crippen LogP) is 0.344. The Bertz CT molecular complexity index is 376. The van der Waals surface area contributed by atoms with Crippen molar-refractivity contribution in [3.05, 3.63) is 24.3 Å². The van der Waals surface area contributed by atoms with Crippen molar-refractivity contribution in [3.63, 3.8) is 0 Å². The average molecular weight is 223 g/mol. The molecule has 0 aliphatic heterocycles. The Hall–Kier alpha value is -1.84. The molecule has 0 aromatic rings. The van der Waals surface area contributed by atoms with Crippen LogP contribution in [0.5, 0.6) is 0 Å². The van der Waals surface area contributed by atoms with Crippen molar-refractivity contribution < 1.29 is 19.5 Å². The lowest BCUT2D eigenvalue weighted by molar-refractivity contribution is -0.144. The number of aliphatic imine (C=N–C) groups is 1. The van der Waals surface area contributed by atoms with Gasteiger partial charge in [0.25, 0.3) is 0 Å². The lowest BCUT2D eigenvalue weighted by atomic mass is 9.87. The number of carbonyl (C=O) groups is 2. The summed E-state index contributed by atoms with van der Waals surface area (Å²) in [6.07, 6.45) is 1.16. The molecule has 1 N–H and O–H groups in total. The lowest BCUT2D eigenvalue weighted by Crippen LogP contribution is -2.50. The number of Topliss-reactive ketones (excluding diaryl/α,β-unsaturated/α-hetero) is 2. The van der Waals surface area contributed by atoms with Crippen molar-refractivity contribution in [2.45, 2.75) is 19.4 Å². The van der Waals surface area contributed by atoms with Gasteiger partial charge >= 0.3 is 0 Å². The van der Waals surface area contributed by atoms with Crippen molar-refractivity contribution in [2.24, 2.45) is 4.99 Å². The van der Waals surface area contributed by atoms with Crippen molar-refractivity contribution in [3.8, 4) is 0 Å². The van der Waals surface area contributed by atoms with Crippen LogP contribution in [-0.4, -0.2) is 34.9 Å². The van der Waals surface area contributed by atoms with Crippen LogP contribution in [0.25, 0.3) is 0 Å². The maximum absolute atomic E-state index is 11.6. The number of nitrogens with zero attached hydrogens (tertiary/aromatic N) is 1. The van der Waals surface area contributed by atoms with Gasteiger partial charge in [-0.15, -0.1) is 0 Å². The van der Waals surface area contributed by atoms with Gasteiger partial charge in [0.05, 0.1) is 6.54 Å². The van der Waals surface area contributed by atoms with E-state index < -0.39 is 23.7 Å². The zero-order chi connectivity index (χ0) is 12.9. The first-order valence-corrected chi connectivity index (χ1v) is 4.44. The fourth-order valence-electron chi connectivity index (χ4n) is 1.10. The summed E-state index contributed by atoms with van der Waals surface area (Å²) < 4.78 is 0. The Labute approximate surface area is 93.2 Å². The minimum absolute atomic E-state index is 0.00167. The van der Waals surface area contributed by atoms with E-state index in [2.05, 4.69) is 18.2 Å². The van der Waals surface area contributed by atoms with Crippen LogP contribution in [0.3, 0.4) is 0 Å². The van der Waals surface area contributed by atoms with E-state index in [1.807, 2.05) is 0 Å². The predicted molar refractivity (Wildman–Crippen MR) is 57.6 cm³/mol. The van der Waals surface area contributed by atoms with Crippen molar-refractivity contribution in [1.82, 2.24) is 0 Å². The van der Waals surface area contributed by atoms with E-state index in [0.717, 1.165) is 6.08 Å². The Morgan fingerprint density at radius 3 is 1.88 bits per heavy atom. The normalized spacial score (nSPS) is 10.2. The molecular formula is C11H13NO4. The van der Waals surface area contributed by atoms with E-state index in [0.29, 0.717) is 0 Å². The molecule has 0 fully saturated rings. The molecule has 0 amide bonds. The molecule has 0 rings (SSSR count). The van der Waals surface area contributed by atoms with E-state index in [9.17, 15) is 19.5 Å². The second-order valence-corrected chi connectivity index (χ2v) is 3.49. The molecule has 16 heavy (non-hydrogen) atoms. The van der Waals surface area contributed by atoms with Crippen molar-refractivity contribution in [2.75, 3.05) is 6.54 Å². The van der Waals surface area contributed by atoms with E-state index >= 15 is 0 Å². The third-order valence-corrected chi connectivity index (χ3v) is 1.90. The highest BCUT2D eigenvalue weighted by atomic mass is 16.3. The number of isocyanates is 1. The van der Waals surface area contributed by atoms with E-state index in [4.69, 9.17) is 0 Å². The van der Waals surface area contributed by atoms with Crippen LogP contribution in [-0.2, 0) is 14.4 Å². The third-order valence-electron chi connectivity index (χ3n) is 1.90. The summed E-state index contributed by atoms with van der Waals surface area (Å²) in [7, 11) is 0. The van der Waals surface area contributed by atoms with Gasteiger partial charge in [-0.25, -0.2) is 9.79 Å². The largest absolute Gasteiger partial charge is 0.373 e. The van der Waals surface area contributed by atoms with E-state index in [1.165, 1.54) is 13.8 Å². The van der Waals surface area contributed by atoms with Crippen molar-refractivity contribution in [1.29, 1.82) is 0 Å². The monoisotopic (exact) mass is 223 g/mol. The summed E-state index contributed by atoms with van der Waals surface area (Å²) in [6.45, 7) is 8.71. The molecule has 0 aromatic carbocycles. The van der Waals surface area contributed by atoms with Crippen LogP contribution in [0.1, 0.15) is 13.8 Å². The summed E-state index contributed by atoms with van der Waals surface area (Å²) >= 11 is 0. The first kappa shape index (κ1) is 14.2. The first-order valence-electron chi connectivity index (χ1n) is 4.44. The number of hydrogen-bond acceptors (Lipinski definition) is 5. The Morgan fingerprint density at radius 1 is 1.25 bits per heavy atom. The van der Waals surface area contributed by atoms with Gasteiger partial charge in [-0.3, -0.25) is 9.59 Å². The molecule has 0 aliphatic rings. The smallest absolute Gasteiger partial charge is 0.235 e. The van der Waals surface area contributed by atoms with Gasteiger partial charge in [0.1, 0.15) is 0 Å². The van der Waals surface area contributed by atoms with Crippen LogP contribution < -0.4 is 0 Å². The molecule has 0 atom stereocenters. The Balaban J connectivity index is 5.42. The molecule has 0 saturated carbocycles. The summed E-state index contributed by atoms with van der Waals surface area (Å²) in [6, 6.07) is 0. The number of hydrogen-bond donors (Lipinski definition) is 1. The minimum atomic E-state index is -2.39. The number of aliphatic hydroxyl groups is 1. The quantitative estimate of drug-likeness (QED) is 0.304. The highest BCUT2D eigenvalue weighted by Crippen LogP contribution is 2.17. The number of rotatable bonds is 6. The zero-order valence-electron chi connectivity index (χ0n) is 9.24. The number of ketones is 2. The van der Waals surface area contributed by atoms with Gasteiger partial charge in [-0.1, -0.05) is 13.2 Å². The first-order chi connectivity index (χ1) is 7.27. The van der Waals surface area contributed by atoms with Crippen molar-refractivity contribution >= 4 is 17.6 Å². The highest BCUT2D eigenvalue weighted by Gasteiger charge is 2.43. The molecule has 86 valence electrons. The molecule has 0 saturated heterocycles. The standard InChI is InChI=1S/C11H13NO4/c1-7(2)9(14)11(16,5-12-6-13)10(15)8(3)4/h16H,1,3,5H2,2,4H3. The number of carbonyl (C=O) groups excluding carboxylic acids is 3. The van der Waals surface area contributed by atoms with E-state index in [1.54, 1.807) is 0 Å². The highest BCUT2D eigenvalue weighted by molar-refractivity contribution is 6.21. The fraction of sp³-hybridized carbons (Fsp3) is 0.364. The summed E-state index contributed by atoms with van der Waals surface area (Å²) in [4.78, 5) is 36.3. The average Bonchev–Trinajstić information content (AvgIpc) is 2.23. The summed E-state index contributed by atoms with van der Waals surface area (Å²) in [5.41, 5.74) is -2.40. The van der Waals surface area contributed by atoms with Gasteiger partial charge in [0.15, 0.2) is 11.6 Å². The van der Waals surface area contributed by atoms with Crippen LogP contribution >= 0.6 is 0 Å². The fourth-order valence-corrected chi connectivity index (χ4v) is 1.10. The third kappa shape index (κ3) is 2.82. The van der Waals surface area contributed by atoms with Crippen LogP contribution in [0.15, 0.2) is 29.3 Å². The molecule has 0 heterocycles. The minimum Gasteiger partial charge on any atom is -0.373 e. The van der Waals surface area contributed by atoms with Gasteiger partial charge in [-0.2, -0.15) is 0 Å². The zero-order valence-corrected chi connectivity index (χ0v) is 9.24. The maximum atomic E-state index is 11.6. The summed E-state index contributed by atoms with van der Waals surface area (Å²) in [5, 5.41) is 9.93. The van der Waals surface area contributed by atoms with Crippen LogP contribution in [0.4, 0.5) is 0 Å². The van der Waals surface area contributed by atoms with Gasteiger partial charge in [-0.05, 0) is 25.0 Å². The molecule has 0 spiro atoms. The Morgan fingerprint density at radius 2 is 1.62 bits per heavy atom. The van der Waals surface area contributed by atoms with Gasteiger partial charge < -0.3 is 5.11 Å².